The topological polar surface area (TPSA) is 64.1 Å². The summed E-state index contributed by atoms with van der Waals surface area (Å²) in [7, 11) is 0. The lowest BCUT2D eigenvalue weighted by Crippen LogP contribution is -2.39. The van der Waals surface area contributed by atoms with Gasteiger partial charge in [-0.1, -0.05) is 30.1 Å². The van der Waals surface area contributed by atoms with Gasteiger partial charge >= 0.3 is 0 Å². The summed E-state index contributed by atoms with van der Waals surface area (Å²) in [4.78, 5) is 12.0. The molecule has 1 aromatic rings. The number of ether oxygens (including phenoxy) is 1. The number of aromatic nitrogens is 2. The fraction of sp³-hybridized carbons (Fsp3) is 0.583. The molecule has 0 aliphatic carbocycles. The Morgan fingerprint density at radius 3 is 2.79 bits per heavy atom. The zero-order chi connectivity index (χ0) is 13.9. The third-order valence-electron chi connectivity index (χ3n) is 3.34. The lowest BCUT2D eigenvalue weighted by molar-refractivity contribution is 0.0238. The Kier molecular flexibility index (Phi) is 4.60. The first-order chi connectivity index (χ1) is 9.00. The third-order valence-corrected chi connectivity index (χ3v) is 3.80. The van der Waals surface area contributed by atoms with E-state index in [0.717, 1.165) is 26.1 Å². The average molecular weight is 304 g/mol. The molecule has 0 spiro atoms. The molecule has 0 atom stereocenters. The van der Waals surface area contributed by atoms with Crippen LogP contribution in [0.1, 0.15) is 30.1 Å². The van der Waals surface area contributed by atoms with Crippen molar-refractivity contribution in [3.63, 3.8) is 0 Å². The van der Waals surface area contributed by atoms with Crippen molar-refractivity contribution in [1.82, 2.24) is 15.5 Å². The van der Waals surface area contributed by atoms with Gasteiger partial charge in [0.05, 0.1) is 5.56 Å². The van der Waals surface area contributed by atoms with Crippen LogP contribution in [0.25, 0.3) is 0 Å². The fourth-order valence-corrected chi connectivity index (χ4v) is 2.27. The maximum Gasteiger partial charge on any atom is 0.254 e. The summed E-state index contributed by atoms with van der Waals surface area (Å²) in [6, 6.07) is 1.42. The third kappa shape index (κ3) is 3.78. The van der Waals surface area contributed by atoms with Gasteiger partial charge in [-0.3, -0.25) is 4.79 Å². The summed E-state index contributed by atoms with van der Waals surface area (Å²) in [5.41, 5.74) is 0.308. The predicted octanol–water partition coefficient (Wildman–Crippen LogP) is 2.33. The largest absolute Gasteiger partial charge is 0.381 e. The molecule has 1 amide bonds. The summed E-state index contributed by atoms with van der Waals surface area (Å²) in [6.07, 6.45) is 1.85. The maximum absolute atomic E-state index is 12.0. The second-order valence-electron chi connectivity index (χ2n) is 4.98. The van der Waals surface area contributed by atoms with Gasteiger partial charge in [0.25, 0.3) is 5.91 Å². The molecule has 1 aromatic heterocycles. The van der Waals surface area contributed by atoms with Crippen LogP contribution in [0.15, 0.2) is 6.07 Å². The molecule has 1 saturated heterocycles. The highest BCUT2D eigenvalue weighted by Gasteiger charge is 2.28. The Labute approximate surface area is 121 Å². The average Bonchev–Trinajstić information content (AvgIpc) is 2.40. The molecular weight excluding hydrogens is 289 g/mol. The van der Waals surface area contributed by atoms with Crippen molar-refractivity contribution < 1.29 is 9.53 Å². The van der Waals surface area contributed by atoms with Crippen molar-refractivity contribution in [1.29, 1.82) is 0 Å². The monoisotopic (exact) mass is 303 g/mol. The van der Waals surface area contributed by atoms with Gasteiger partial charge in [0.2, 0.25) is 0 Å². The molecule has 0 saturated carbocycles. The number of nitrogens with one attached hydrogen (secondary N) is 1. The zero-order valence-corrected chi connectivity index (χ0v) is 12.1. The lowest BCUT2D eigenvalue weighted by atomic mass is 9.82. The van der Waals surface area contributed by atoms with Gasteiger partial charge in [0, 0.05) is 19.8 Å². The predicted molar refractivity (Wildman–Crippen MR) is 72.5 cm³/mol. The Balaban J connectivity index is 1.99. The lowest BCUT2D eigenvalue weighted by Gasteiger charge is -2.33. The van der Waals surface area contributed by atoms with E-state index in [9.17, 15) is 4.79 Å². The molecule has 0 unspecified atom stereocenters. The Hall–Kier alpha value is -0.910. The van der Waals surface area contributed by atoms with Crippen molar-refractivity contribution in [2.45, 2.75) is 19.8 Å². The van der Waals surface area contributed by atoms with Crippen molar-refractivity contribution in [2.75, 3.05) is 19.8 Å². The number of halogens is 2. The van der Waals surface area contributed by atoms with E-state index in [0.29, 0.717) is 6.54 Å². The smallest absolute Gasteiger partial charge is 0.254 e. The van der Waals surface area contributed by atoms with Crippen molar-refractivity contribution in [2.24, 2.45) is 5.41 Å². The highest BCUT2D eigenvalue weighted by molar-refractivity contribution is 6.34. The highest BCUT2D eigenvalue weighted by atomic mass is 35.5. The van der Waals surface area contributed by atoms with Crippen molar-refractivity contribution in [3.05, 3.63) is 21.9 Å². The fourth-order valence-electron chi connectivity index (χ4n) is 1.94. The van der Waals surface area contributed by atoms with Crippen LogP contribution in [0.5, 0.6) is 0 Å². The number of nitrogens with zero attached hydrogens (tertiary/aromatic N) is 2. The molecule has 0 aromatic carbocycles. The van der Waals surface area contributed by atoms with Gasteiger partial charge in [-0.15, -0.1) is 10.2 Å². The van der Waals surface area contributed by atoms with Crippen LogP contribution in [0.4, 0.5) is 0 Å². The van der Waals surface area contributed by atoms with Gasteiger partial charge in [0.15, 0.2) is 10.3 Å². The van der Waals surface area contributed by atoms with Crippen LogP contribution in [-0.4, -0.2) is 35.9 Å². The number of amides is 1. The molecule has 7 heteroatoms. The van der Waals surface area contributed by atoms with E-state index in [-0.39, 0.29) is 27.2 Å². The summed E-state index contributed by atoms with van der Waals surface area (Å²) in [5, 5.41) is 10.3. The summed E-state index contributed by atoms with van der Waals surface area (Å²) >= 11 is 11.5. The van der Waals surface area contributed by atoms with Crippen LogP contribution in [0.3, 0.4) is 0 Å². The molecule has 1 N–H and O–H groups in total. The van der Waals surface area contributed by atoms with Crippen LogP contribution in [-0.2, 0) is 4.74 Å². The van der Waals surface area contributed by atoms with Crippen molar-refractivity contribution in [3.8, 4) is 0 Å². The number of carbonyl (C=O) groups is 1. The van der Waals surface area contributed by atoms with Crippen LogP contribution in [0.2, 0.25) is 10.3 Å². The number of hydrogen-bond acceptors (Lipinski definition) is 4. The second-order valence-corrected chi connectivity index (χ2v) is 5.72. The molecule has 1 aliphatic rings. The molecule has 0 bridgehead atoms. The summed E-state index contributed by atoms with van der Waals surface area (Å²) < 4.78 is 5.32. The highest BCUT2D eigenvalue weighted by Crippen LogP contribution is 2.28. The van der Waals surface area contributed by atoms with Gasteiger partial charge in [-0.05, 0) is 24.3 Å². The first-order valence-electron chi connectivity index (χ1n) is 6.05. The van der Waals surface area contributed by atoms with E-state index in [4.69, 9.17) is 27.9 Å². The Morgan fingerprint density at radius 2 is 2.11 bits per heavy atom. The number of rotatable bonds is 3. The van der Waals surface area contributed by atoms with E-state index in [1.165, 1.54) is 6.07 Å². The van der Waals surface area contributed by atoms with Gasteiger partial charge in [-0.2, -0.15) is 0 Å². The van der Waals surface area contributed by atoms with Crippen LogP contribution >= 0.6 is 23.2 Å². The van der Waals surface area contributed by atoms with Gasteiger partial charge in [0.1, 0.15) is 0 Å². The van der Waals surface area contributed by atoms with Crippen LogP contribution in [0, 0.1) is 5.41 Å². The normalized spacial score (nSPS) is 18.1. The molecule has 1 fully saturated rings. The quantitative estimate of drug-likeness (QED) is 0.931. The SMILES string of the molecule is CC1(CNC(=O)c2cc(Cl)nnc2Cl)CCOCC1. The first-order valence-corrected chi connectivity index (χ1v) is 6.80. The molecule has 2 heterocycles. The van der Waals surface area contributed by atoms with E-state index in [2.05, 4.69) is 22.4 Å². The molecule has 19 heavy (non-hydrogen) atoms. The summed E-state index contributed by atoms with van der Waals surface area (Å²) in [5.74, 6) is -0.283. The second kappa shape index (κ2) is 6.03. The summed E-state index contributed by atoms with van der Waals surface area (Å²) in [6.45, 7) is 4.17. The zero-order valence-electron chi connectivity index (χ0n) is 10.6. The number of carbonyl (C=O) groups excluding carboxylic acids is 1. The van der Waals surface area contributed by atoms with Gasteiger partial charge in [-0.25, -0.2) is 0 Å². The number of hydrogen-bond donors (Lipinski definition) is 1. The molecule has 2 rings (SSSR count). The molecular formula is C12H15Cl2N3O2. The van der Waals surface area contributed by atoms with Gasteiger partial charge < -0.3 is 10.1 Å². The Bertz CT molecular complexity index is 476. The maximum atomic E-state index is 12.0. The van der Waals surface area contributed by atoms with Crippen LogP contribution < -0.4 is 5.32 Å². The molecule has 104 valence electrons. The minimum Gasteiger partial charge on any atom is -0.381 e. The van der Waals surface area contributed by atoms with Crippen molar-refractivity contribution >= 4 is 29.1 Å². The standard InChI is InChI=1S/C12H15Cl2N3O2/c1-12(2-4-19-5-3-12)7-15-11(18)8-6-9(13)16-17-10(8)14/h6H,2-5,7H2,1H3,(H,15,18). The minimum absolute atomic E-state index is 0.0547. The van der Waals surface area contributed by atoms with E-state index >= 15 is 0 Å². The molecule has 0 radical (unpaired) electrons. The first kappa shape index (κ1) is 14.5. The van der Waals surface area contributed by atoms with E-state index < -0.39 is 0 Å². The van der Waals surface area contributed by atoms with E-state index in [1.54, 1.807) is 0 Å². The molecule has 5 nitrogen and oxygen atoms in total. The van der Waals surface area contributed by atoms with E-state index in [1.807, 2.05) is 0 Å². The minimum atomic E-state index is -0.283. The Morgan fingerprint density at radius 1 is 1.42 bits per heavy atom. The molecule has 1 aliphatic heterocycles.